The summed E-state index contributed by atoms with van der Waals surface area (Å²) in [6.07, 6.45) is 6.10. The van der Waals surface area contributed by atoms with Gasteiger partial charge in [-0.05, 0) is 49.9 Å². The molecule has 2 heterocycles. The van der Waals surface area contributed by atoms with Crippen molar-refractivity contribution in [1.82, 2.24) is 20.4 Å². The number of hydrogen-bond donors (Lipinski definition) is 2. The quantitative estimate of drug-likeness (QED) is 0.692. The van der Waals surface area contributed by atoms with Crippen LogP contribution in [0.2, 0.25) is 0 Å². The Labute approximate surface area is 199 Å². The van der Waals surface area contributed by atoms with Gasteiger partial charge < -0.3 is 20.4 Å². The normalized spacial score (nSPS) is 23.6. The molecular formula is C25H31N5O4. The van der Waals surface area contributed by atoms with Crippen molar-refractivity contribution in [2.75, 3.05) is 26.2 Å². The fourth-order valence-corrected chi connectivity index (χ4v) is 5.09. The van der Waals surface area contributed by atoms with Crippen LogP contribution in [0.3, 0.4) is 0 Å². The second-order valence-electron chi connectivity index (χ2n) is 9.32. The number of carbonyl (C=O) groups excluding carboxylic acids is 4. The number of benzene rings is 1. The predicted octanol–water partition coefficient (Wildman–Crippen LogP) is 1.19. The van der Waals surface area contributed by atoms with E-state index in [0.29, 0.717) is 30.6 Å². The van der Waals surface area contributed by atoms with E-state index < -0.39 is 18.0 Å². The molecule has 9 nitrogen and oxygen atoms in total. The third-order valence-electron chi connectivity index (χ3n) is 7.07. The molecule has 0 radical (unpaired) electrons. The molecule has 34 heavy (non-hydrogen) atoms. The maximum absolute atomic E-state index is 13.4. The lowest BCUT2D eigenvalue weighted by Gasteiger charge is -2.42. The Morgan fingerprint density at radius 2 is 1.74 bits per heavy atom. The molecule has 4 rings (SSSR count). The van der Waals surface area contributed by atoms with E-state index in [1.807, 2.05) is 6.07 Å². The van der Waals surface area contributed by atoms with Gasteiger partial charge in [0.15, 0.2) is 0 Å². The molecule has 2 aliphatic heterocycles. The van der Waals surface area contributed by atoms with Crippen LogP contribution in [0.15, 0.2) is 24.3 Å². The lowest BCUT2D eigenvalue weighted by atomic mass is 9.87. The van der Waals surface area contributed by atoms with Crippen molar-refractivity contribution in [3.8, 4) is 6.07 Å². The molecule has 4 amide bonds. The lowest BCUT2D eigenvalue weighted by Crippen LogP contribution is -2.64. The largest absolute Gasteiger partial charge is 0.354 e. The van der Waals surface area contributed by atoms with Gasteiger partial charge in [-0.25, -0.2) is 0 Å². The van der Waals surface area contributed by atoms with E-state index in [2.05, 4.69) is 10.6 Å². The molecule has 1 aromatic rings. The Kier molecular flexibility index (Phi) is 7.46. The van der Waals surface area contributed by atoms with Crippen LogP contribution in [0.1, 0.15) is 60.9 Å². The van der Waals surface area contributed by atoms with Crippen LogP contribution < -0.4 is 10.6 Å². The van der Waals surface area contributed by atoms with Crippen molar-refractivity contribution in [3.63, 3.8) is 0 Å². The molecule has 1 saturated carbocycles. The third kappa shape index (κ3) is 5.22. The first kappa shape index (κ1) is 23.7. The van der Waals surface area contributed by atoms with Crippen LogP contribution in [0.25, 0.3) is 0 Å². The van der Waals surface area contributed by atoms with E-state index in [9.17, 15) is 19.2 Å². The zero-order chi connectivity index (χ0) is 24.1. The van der Waals surface area contributed by atoms with Crippen molar-refractivity contribution in [2.24, 2.45) is 5.92 Å². The highest BCUT2D eigenvalue weighted by Gasteiger charge is 2.40. The van der Waals surface area contributed by atoms with Gasteiger partial charge in [0, 0.05) is 31.1 Å². The highest BCUT2D eigenvalue weighted by Crippen LogP contribution is 2.27. The standard InChI is InChI=1S/C25H31N5O4/c26-15-17-8-10-19(11-9-17)24(33)29-13-14-30(25(34)18-5-2-1-3-6-18)21(16-29)23(32)28-20-7-4-12-27-22(20)31/h8-11,18,20-21H,1-7,12-14,16H2,(H,27,31)(H,28,32)/t20-,21+/m0/s1. The Morgan fingerprint density at radius 1 is 1.00 bits per heavy atom. The molecule has 0 spiro atoms. The first-order valence-corrected chi connectivity index (χ1v) is 12.2. The summed E-state index contributed by atoms with van der Waals surface area (Å²) >= 11 is 0. The number of amides is 4. The van der Waals surface area contributed by atoms with E-state index in [0.717, 1.165) is 38.5 Å². The highest BCUT2D eigenvalue weighted by molar-refractivity contribution is 5.97. The minimum absolute atomic E-state index is 0.0292. The van der Waals surface area contributed by atoms with Gasteiger partial charge in [-0.15, -0.1) is 0 Å². The number of nitrogens with zero attached hydrogens (tertiary/aromatic N) is 3. The average molecular weight is 466 g/mol. The van der Waals surface area contributed by atoms with Gasteiger partial charge >= 0.3 is 0 Å². The monoisotopic (exact) mass is 465 g/mol. The van der Waals surface area contributed by atoms with Crippen LogP contribution in [0.4, 0.5) is 0 Å². The molecule has 3 aliphatic rings. The summed E-state index contributed by atoms with van der Waals surface area (Å²) in [5.74, 6) is -0.988. The molecule has 9 heteroatoms. The first-order valence-electron chi connectivity index (χ1n) is 12.2. The predicted molar refractivity (Wildman–Crippen MR) is 123 cm³/mol. The molecule has 0 bridgehead atoms. The summed E-state index contributed by atoms with van der Waals surface area (Å²) in [6, 6.07) is 6.93. The van der Waals surface area contributed by atoms with Crippen LogP contribution >= 0.6 is 0 Å². The molecule has 2 saturated heterocycles. The van der Waals surface area contributed by atoms with Crippen molar-refractivity contribution in [3.05, 3.63) is 35.4 Å². The van der Waals surface area contributed by atoms with Gasteiger partial charge in [0.05, 0.1) is 18.2 Å². The number of nitriles is 1. The van der Waals surface area contributed by atoms with E-state index in [-0.39, 0.29) is 36.7 Å². The van der Waals surface area contributed by atoms with Crippen LogP contribution in [-0.2, 0) is 14.4 Å². The molecule has 0 aromatic heterocycles. The Hall–Kier alpha value is -3.41. The van der Waals surface area contributed by atoms with Gasteiger partial charge in [-0.2, -0.15) is 5.26 Å². The Bertz CT molecular complexity index is 980. The van der Waals surface area contributed by atoms with E-state index in [1.165, 1.54) is 0 Å². The molecule has 2 atom stereocenters. The molecule has 2 N–H and O–H groups in total. The molecule has 180 valence electrons. The summed E-state index contributed by atoms with van der Waals surface area (Å²) in [5.41, 5.74) is 0.888. The summed E-state index contributed by atoms with van der Waals surface area (Å²) in [4.78, 5) is 55.2. The fourth-order valence-electron chi connectivity index (χ4n) is 5.09. The second-order valence-corrected chi connectivity index (χ2v) is 9.32. The maximum Gasteiger partial charge on any atom is 0.253 e. The zero-order valence-corrected chi connectivity index (χ0v) is 19.3. The molecule has 0 unspecified atom stereocenters. The number of piperazine rings is 1. The SMILES string of the molecule is N#Cc1ccc(C(=O)N2CCN(C(=O)C3CCCCC3)[C@@H](C(=O)N[C@H]3CCCNC3=O)C2)cc1. The molecule has 3 fully saturated rings. The number of rotatable bonds is 4. The number of hydrogen-bond acceptors (Lipinski definition) is 5. The van der Waals surface area contributed by atoms with Gasteiger partial charge in [0.25, 0.3) is 5.91 Å². The van der Waals surface area contributed by atoms with E-state index >= 15 is 0 Å². The van der Waals surface area contributed by atoms with Gasteiger partial charge in [0.1, 0.15) is 12.1 Å². The summed E-state index contributed by atoms with van der Waals surface area (Å²) in [6.45, 7) is 1.25. The molecule has 1 aromatic carbocycles. The van der Waals surface area contributed by atoms with Gasteiger partial charge in [0.2, 0.25) is 17.7 Å². The van der Waals surface area contributed by atoms with Crippen molar-refractivity contribution < 1.29 is 19.2 Å². The zero-order valence-electron chi connectivity index (χ0n) is 19.3. The van der Waals surface area contributed by atoms with Crippen LogP contribution in [0, 0.1) is 17.2 Å². The smallest absolute Gasteiger partial charge is 0.253 e. The third-order valence-corrected chi connectivity index (χ3v) is 7.07. The van der Waals surface area contributed by atoms with Crippen molar-refractivity contribution >= 4 is 23.6 Å². The Balaban J connectivity index is 1.52. The fraction of sp³-hybridized carbons (Fsp3) is 0.560. The number of piperidine rings is 1. The minimum Gasteiger partial charge on any atom is -0.354 e. The van der Waals surface area contributed by atoms with Crippen LogP contribution in [0.5, 0.6) is 0 Å². The molecule has 1 aliphatic carbocycles. The second kappa shape index (κ2) is 10.7. The summed E-state index contributed by atoms with van der Waals surface area (Å²) < 4.78 is 0. The summed E-state index contributed by atoms with van der Waals surface area (Å²) in [5, 5.41) is 14.6. The number of nitrogens with one attached hydrogen (secondary N) is 2. The van der Waals surface area contributed by atoms with Crippen molar-refractivity contribution in [2.45, 2.75) is 57.0 Å². The van der Waals surface area contributed by atoms with E-state index in [4.69, 9.17) is 5.26 Å². The van der Waals surface area contributed by atoms with Crippen LogP contribution in [-0.4, -0.2) is 71.7 Å². The number of carbonyl (C=O) groups is 4. The maximum atomic E-state index is 13.4. The van der Waals surface area contributed by atoms with Gasteiger partial charge in [-0.1, -0.05) is 19.3 Å². The lowest BCUT2D eigenvalue weighted by molar-refractivity contribution is -0.148. The van der Waals surface area contributed by atoms with E-state index in [1.54, 1.807) is 34.1 Å². The topological polar surface area (TPSA) is 123 Å². The van der Waals surface area contributed by atoms with Crippen molar-refractivity contribution in [1.29, 1.82) is 5.26 Å². The molecular weight excluding hydrogens is 434 g/mol. The van der Waals surface area contributed by atoms with Gasteiger partial charge in [-0.3, -0.25) is 19.2 Å². The Morgan fingerprint density at radius 3 is 2.41 bits per heavy atom. The minimum atomic E-state index is -0.847. The average Bonchev–Trinajstić information content (AvgIpc) is 2.89. The summed E-state index contributed by atoms with van der Waals surface area (Å²) in [7, 11) is 0. The highest BCUT2D eigenvalue weighted by atomic mass is 16.2. The first-order chi connectivity index (χ1) is 16.5.